The van der Waals surface area contributed by atoms with Gasteiger partial charge in [-0.15, -0.1) is 0 Å². The molecular formula is C26H24O5. The van der Waals surface area contributed by atoms with Gasteiger partial charge in [0.05, 0.1) is 7.11 Å². The summed E-state index contributed by atoms with van der Waals surface area (Å²) in [6.45, 7) is 1.73. The van der Waals surface area contributed by atoms with Gasteiger partial charge in [-0.2, -0.15) is 0 Å². The standard InChI is InChI=1S/C26H24O5/c1-16(18-9-10-20-15-21(30-2)12-11-19(20)14-18)24(27)23-25(28)22(31-26(23)29)13-8-17-6-4-3-5-7-17/h3-7,9-12,14-16,22-23H,8,13H2,1-2H3/t16-,22+,23?/m1/s1. The zero-order valence-corrected chi connectivity index (χ0v) is 17.5. The van der Waals surface area contributed by atoms with Crippen LogP contribution in [0.4, 0.5) is 0 Å². The van der Waals surface area contributed by atoms with Gasteiger partial charge in [0, 0.05) is 5.92 Å². The van der Waals surface area contributed by atoms with E-state index in [-0.39, 0.29) is 0 Å². The first kappa shape index (κ1) is 20.8. The number of hydrogen-bond donors (Lipinski definition) is 0. The Labute approximate surface area is 181 Å². The monoisotopic (exact) mass is 416 g/mol. The Kier molecular flexibility index (Phi) is 5.85. The number of methoxy groups -OCH3 is 1. The molecule has 0 saturated carbocycles. The van der Waals surface area contributed by atoms with E-state index in [4.69, 9.17) is 9.47 Å². The molecule has 3 atom stereocenters. The highest BCUT2D eigenvalue weighted by Gasteiger charge is 2.48. The molecule has 0 N–H and O–H groups in total. The van der Waals surface area contributed by atoms with Crippen molar-refractivity contribution in [1.29, 1.82) is 0 Å². The van der Waals surface area contributed by atoms with Crippen molar-refractivity contribution in [3.8, 4) is 5.75 Å². The lowest BCUT2D eigenvalue weighted by molar-refractivity contribution is -0.147. The van der Waals surface area contributed by atoms with E-state index in [0.717, 1.165) is 27.6 Å². The molecule has 5 heteroatoms. The van der Waals surface area contributed by atoms with E-state index >= 15 is 0 Å². The average Bonchev–Trinajstić information content (AvgIpc) is 3.09. The van der Waals surface area contributed by atoms with Crippen molar-refractivity contribution >= 4 is 28.3 Å². The van der Waals surface area contributed by atoms with Crippen LogP contribution in [0.15, 0.2) is 66.7 Å². The minimum Gasteiger partial charge on any atom is -0.497 e. The minimum absolute atomic E-state index is 0.380. The number of carbonyl (C=O) groups excluding carboxylic acids is 3. The summed E-state index contributed by atoms with van der Waals surface area (Å²) in [4.78, 5) is 38.3. The number of aryl methyl sites for hydroxylation is 1. The molecule has 4 rings (SSSR count). The minimum atomic E-state index is -1.35. The maximum absolute atomic E-state index is 13.1. The fraction of sp³-hybridized carbons (Fsp3) is 0.269. The normalized spacial score (nSPS) is 19.3. The Morgan fingerprint density at radius 1 is 1.00 bits per heavy atom. The van der Waals surface area contributed by atoms with Crippen LogP contribution in [0, 0.1) is 5.92 Å². The van der Waals surface area contributed by atoms with Gasteiger partial charge in [0.25, 0.3) is 0 Å². The van der Waals surface area contributed by atoms with Gasteiger partial charge in [-0.05, 0) is 46.9 Å². The van der Waals surface area contributed by atoms with Crippen LogP contribution in [0.2, 0.25) is 0 Å². The summed E-state index contributed by atoms with van der Waals surface area (Å²) >= 11 is 0. The Balaban J connectivity index is 1.48. The fourth-order valence-electron chi connectivity index (χ4n) is 4.02. The molecule has 3 aromatic carbocycles. The van der Waals surface area contributed by atoms with Crippen molar-refractivity contribution < 1.29 is 23.9 Å². The van der Waals surface area contributed by atoms with Gasteiger partial charge in [0.2, 0.25) is 0 Å². The zero-order valence-electron chi connectivity index (χ0n) is 17.5. The van der Waals surface area contributed by atoms with Crippen LogP contribution in [-0.4, -0.2) is 30.7 Å². The van der Waals surface area contributed by atoms with E-state index in [0.29, 0.717) is 12.8 Å². The summed E-state index contributed by atoms with van der Waals surface area (Å²) < 4.78 is 10.5. The molecule has 3 aromatic rings. The highest BCUT2D eigenvalue weighted by molar-refractivity contribution is 6.23. The summed E-state index contributed by atoms with van der Waals surface area (Å²) in [5.74, 6) is -2.76. The number of esters is 1. The summed E-state index contributed by atoms with van der Waals surface area (Å²) in [6.07, 6.45) is 0.123. The van der Waals surface area contributed by atoms with E-state index in [9.17, 15) is 14.4 Å². The number of rotatable bonds is 7. The lowest BCUT2D eigenvalue weighted by atomic mass is 9.85. The van der Waals surface area contributed by atoms with Gasteiger partial charge in [-0.1, -0.05) is 61.5 Å². The third-order valence-corrected chi connectivity index (χ3v) is 5.92. The third kappa shape index (κ3) is 4.22. The Bertz CT molecular complexity index is 1140. The molecule has 0 aromatic heterocycles. The van der Waals surface area contributed by atoms with Crippen molar-refractivity contribution in [3.63, 3.8) is 0 Å². The molecule has 0 radical (unpaired) electrons. The zero-order chi connectivity index (χ0) is 22.0. The molecule has 0 bridgehead atoms. The Hall–Kier alpha value is -3.47. The van der Waals surface area contributed by atoms with E-state index < -0.39 is 35.5 Å². The highest BCUT2D eigenvalue weighted by Crippen LogP contribution is 2.30. The number of cyclic esters (lactones) is 1. The molecule has 0 aliphatic carbocycles. The summed E-state index contributed by atoms with van der Waals surface area (Å²) in [6, 6.07) is 21.0. The smallest absolute Gasteiger partial charge is 0.325 e. The van der Waals surface area contributed by atoms with Crippen LogP contribution >= 0.6 is 0 Å². The van der Waals surface area contributed by atoms with Crippen LogP contribution < -0.4 is 4.74 Å². The van der Waals surface area contributed by atoms with Crippen LogP contribution in [0.1, 0.15) is 30.4 Å². The fourth-order valence-corrected chi connectivity index (χ4v) is 4.02. The van der Waals surface area contributed by atoms with Crippen LogP contribution in [0.25, 0.3) is 10.8 Å². The number of ketones is 2. The predicted octanol–water partition coefficient (Wildman–Crippen LogP) is 4.26. The first-order chi connectivity index (χ1) is 15.0. The lowest BCUT2D eigenvalue weighted by Gasteiger charge is -2.14. The van der Waals surface area contributed by atoms with Gasteiger partial charge in [-0.25, -0.2) is 0 Å². The number of Topliss-reactive ketones (excluding diaryl/α,β-unsaturated/α-hetero) is 2. The third-order valence-electron chi connectivity index (χ3n) is 5.92. The van der Waals surface area contributed by atoms with Crippen molar-refractivity contribution in [1.82, 2.24) is 0 Å². The van der Waals surface area contributed by atoms with E-state index in [1.165, 1.54) is 0 Å². The summed E-state index contributed by atoms with van der Waals surface area (Å²) in [5, 5.41) is 1.94. The number of fused-ring (bicyclic) bond motifs is 1. The topological polar surface area (TPSA) is 69.7 Å². The van der Waals surface area contributed by atoms with Crippen molar-refractivity contribution in [3.05, 3.63) is 77.9 Å². The van der Waals surface area contributed by atoms with E-state index in [2.05, 4.69) is 0 Å². The largest absolute Gasteiger partial charge is 0.497 e. The SMILES string of the molecule is COc1ccc2cc([C@@H](C)C(=O)C3C(=O)O[C@@H](CCc4ccccc4)C3=O)ccc2c1. The van der Waals surface area contributed by atoms with Crippen molar-refractivity contribution in [2.24, 2.45) is 5.92 Å². The second-order valence-corrected chi connectivity index (χ2v) is 7.88. The van der Waals surface area contributed by atoms with Crippen LogP contribution in [-0.2, 0) is 25.5 Å². The molecule has 1 aliphatic heterocycles. The highest BCUT2D eigenvalue weighted by atomic mass is 16.6. The molecule has 1 aliphatic rings. The maximum Gasteiger partial charge on any atom is 0.325 e. The lowest BCUT2D eigenvalue weighted by Crippen LogP contribution is -2.31. The number of benzene rings is 3. The molecule has 5 nitrogen and oxygen atoms in total. The van der Waals surface area contributed by atoms with Crippen molar-refractivity contribution in [2.75, 3.05) is 7.11 Å². The Morgan fingerprint density at radius 3 is 2.45 bits per heavy atom. The second kappa shape index (κ2) is 8.72. The molecule has 0 amide bonds. The number of ether oxygens (including phenoxy) is 2. The molecule has 1 fully saturated rings. The van der Waals surface area contributed by atoms with Gasteiger partial charge >= 0.3 is 5.97 Å². The van der Waals surface area contributed by atoms with Gasteiger partial charge < -0.3 is 9.47 Å². The molecule has 1 saturated heterocycles. The molecular weight excluding hydrogens is 392 g/mol. The maximum atomic E-state index is 13.1. The molecule has 1 heterocycles. The Morgan fingerprint density at radius 2 is 1.71 bits per heavy atom. The molecule has 1 unspecified atom stereocenters. The number of carbonyl (C=O) groups is 3. The van der Waals surface area contributed by atoms with Gasteiger partial charge in [0.15, 0.2) is 23.6 Å². The van der Waals surface area contributed by atoms with Gasteiger partial charge in [-0.3, -0.25) is 14.4 Å². The summed E-state index contributed by atoms with van der Waals surface area (Å²) in [5.41, 5.74) is 1.82. The van der Waals surface area contributed by atoms with E-state index in [1.807, 2.05) is 66.7 Å². The van der Waals surface area contributed by atoms with Gasteiger partial charge in [0.1, 0.15) is 5.75 Å². The first-order valence-electron chi connectivity index (χ1n) is 10.4. The quantitative estimate of drug-likeness (QED) is 0.425. The first-order valence-corrected chi connectivity index (χ1v) is 10.4. The molecule has 31 heavy (non-hydrogen) atoms. The van der Waals surface area contributed by atoms with Crippen LogP contribution in [0.5, 0.6) is 5.75 Å². The van der Waals surface area contributed by atoms with Crippen molar-refractivity contribution in [2.45, 2.75) is 31.8 Å². The van der Waals surface area contributed by atoms with Crippen LogP contribution in [0.3, 0.4) is 0 Å². The number of hydrogen-bond acceptors (Lipinski definition) is 5. The predicted molar refractivity (Wildman–Crippen MR) is 117 cm³/mol. The van der Waals surface area contributed by atoms with E-state index in [1.54, 1.807) is 14.0 Å². The second-order valence-electron chi connectivity index (χ2n) is 7.88. The molecule has 0 spiro atoms. The average molecular weight is 416 g/mol. The molecule has 158 valence electrons. The summed E-state index contributed by atoms with van der Waals surface area (Å²) in [7, 11) is 1.61.